The van der Waals surface area contributed by atoms with Gasteiger partial charge >= 0.3 is 11.7 Å². The maximum Gasteiger partial charge on any atom is 0.349 e. The Morgan fingerprint density at radius 2 is 1.86 bits per heavy atom. The number of piperazine rings is 1. The lowest BCUT2D eigenvalue weighted by molar-refractivity contribution is -0.385. The van der Waals surface area contributed by atoms with Crippen LogP contribution in [0.3, 0.4) is 0 Å². The van der Waals surface area contributed by atoms with E-state index in [9.17, 15) is 14.9 Å². The van der Waals surface area contributed by atoms with Crippen LogP contribution >= 0.6 is 0 Å². The third-order valence-corrected chi connectivity index (χ3v) is 7.72. The van der Waals surface area contributed by atoms with E-state index in [2.05, 4.69) is 43.8 Å². The minimum absolute atomic E-state index is 0.00498. The number of carbonyl (C=O) groups is 1. The highest BCUT2D eigenvalue weighted by molar-refractivity contribution is 5.98. The molecule has 0 radical (unpaired) electrons. The average molecular weight is 598 g/mol. The Morgan fingerprint density at radius 3 is 2.61 bits per heavy atom. The van der Waals surface area contributed by atoms with Gasteiger partial charge in [0.2, 0.25) is 17.5 Å². The number of pyridine rings is 1. The summed E-state index contributed by atoms with van der Waals surface area (Å²) in [6.07, 6.45) is 5.04. The quantitative estimate of drug-likeness (QED) is 0.106. The van der Waals surface area contributed by atoms with Crippen molar-refractivity contribution in [1.82, 2.24) is 30.0 Å². The van der Waals surface area contributed by atoms with Crippen molar-refractivity contribution < 1.29 is 23.6 Å². The number of rotatable bonds is 9. The smallest absolute Gasteiger partial charge is 0.349 e. The van der Waals surface area contributed by atoms with Gasteiger partial charge in [-0.3, -0.25) is 25.0 Å². The molecule has 4 heterocycles. The van der Waals surface area contributed by atoms with Crippen molar-refractivity contribution in [2.45, 2.75) is 26.4 Å². The standard InChI is InChI=1S/C31H31N7O6/c1-19(2)37-10-8-36(9-11-37)18-22-16-33-30(43-22)23-12-20(14-26-25(23)17-34-35-26)21-13-24(29(42-3)32-15-21)31(39)44-28-7-5-4-6-27(28)38(40)41/h4-7,12-17,19H,8-11,18H2,1-3H3,(H,34,35). The number of methoxy groups -OCH3 is 1. The fraction of sp³-hybridized carbons (Fsp3) is 0.290. The summed E-state index contributed by atoms with van der Waals surface area (Å²) < 4.78 is 17.0. The first-order chi connectivity index (χ1) is 21.3. The normalized spacial score (nSPS) is 14.3. The summed E-state index contributed by atoms with van der Waals surface area (Å²) in [6, 6.07) is 11.5. The molecular formula is C31H31N7O6. The van der Waals surface area contributed by atoms with Crippen molar-refractivity contribution in [2.24, 2.45) is 0 Å². The number of hydrogen-bond donors (Lipinski definition) is 1. The van der Waals surface area contributed by atoms with Crippen LogP contribution in [0.15, 0.2) is 65.5 Å². The second-order valence-electron chi connectivity index (χ2n) is 10.8. The van der Waals surface area contributed by atoms with E-state index >= 15 is 0 Å². The molecule has 1 aliphatic heterocycles. The molecule has 1 saturated heterocycles. The fourth-order valence-corrected chi connectivity index (χ4v) is 5.33. The van der Waals surface area contributed by atoms with Gasteiger partial charge in [0.15, 0.2) is 0 Å². The second kappa shape index (κ2) is 12.2. The highest BCUT2D eigenvalue weighted by Crippen LogP contribution is 2.35. The lowest BCUT2D eigenvalue weighted by Crippen LogP contribution is -2.48. The summed E-state index contributed by atoms with van der Waals surface area (Å²) in [5.74, 6) is 0.210. The number of nitrogens with one attached hydrogen (secondary N) is 1. The molecule has 0 atom stereocenters. The van der Waals surface area contributed by atoms with E-state index in [0.29, 0.717) is 29.6 Å². The predicted molar refractivity (Wildman–Crippen MR) is 161 cm³/mol. The van der Waals surface area contributed by atoms with E-state index in [1.54, 1.807) is 30.7 Å². The molecule has 226 valence electrons. The molecule has 1 fully saturated rings. The summed E-state index contributed by atoms with van der Waals surface area (Å²) in [7, 11) is 1.38. The summed E-state index contributed by atoms with van der Waals surface area (Å²) in [5.41, 5.74) is 2.42. The topological polar surface area (TPSA) is 153 Å². The molecule has 44 heavy (non-hydrogen) atoms. The molecule has 1 aliphatic rings. The van der Waals surface area contributed by atoms with E-state index < -0.39 is 10.9 Å². The number of hydrogen-bond acceptors (Lipinski definition) is 11. The summed E-state index contributed by atoms with van der Waals surface area (Å²) in [4.78, 5) is 37.8. The van der Waals surface area contributed by atoms with Gasteiger partial charge in [-0.15, -0.1) is 0 Å². The Labute approximate surface area is 252 Å². The number of benzene rings is 2. The van der Waals surface area contributed by atoms with Crippen molar-refractivity contribution in [2.75, 3.05) is 33.3 Å². The molecule has 0 spiro atoms. The zero-order valence-corrected chi connectivity index (χ0v) is 24.5. The van der Waals surface area contributed by atoms with Gasteiger partial charge in [0.05, 0.1) is 36.5 Å². The van der Waals surface area contributed by atoms with E-state index in [1.807, 2.05) is 12.1 Å². The van der Waals surface area contributed by atoms with Crippen LogP contribution in [0, 0.1) is 10.1 Å². The van der Waals surface area contributed by atoms with Gasteiger partial charge in [-0.25, -0.2) is 14.8 Å². The number of ether oxygens (including phenoxy) is 2. The first-order valence-electron chi connectivity index (χ1n) is 14.2. The number of para-hydroxylation sites is 2. The van der Waals surface area contributed by atoms with Crippen LogP contribution in [0.1, 0.15) is 30.0 Å². The molecule has 0 amide bonds. The van der Waals surface area contributed by atoms with Crippen molar-refractivity contribution in [3.05, 3.63) is 82.5 Å². The fourth-order valence-electron chi connectivity index (χ4n) is 5.33. The minimum Gasteiger partial charge on any atom is -0.480 e. The second-order valence-corrected chi connectivity index (χ2v) is 10.8. The predicted octanol–water partition coefficient (Wildman–Crippen LogP) is 4.94. The van der Waals surface area contributed by atoms with Crippen LogP contribution in [0.4, 0.5) is 5.69 Å². The molecule has 0 bridgehead atoms. The molecule has 2 aromatic carbocycles. The lowest BCUT2D eigenvalue weighted by atomic mass is 10.00. The SMILES string of the molecule is COc1ncc(-c2cc(-c3ncc(CN4CCN(C(C)C)CC4)o3)c3cn[nH]c3c2)cc1C(=O)Oc1ccccc1[N+](=O)[O-]. The van der Waals surface area contributed by atoms with Crippen LogP contribution in [0.25, 0.3) is 33.5 Å². The zero-order chi connectivity index (χ0) is 30.8. The van der Waals surface area contributed by atoms with E-state index in [0.717, 1.165) is 48.4 Å². The summed E-state index contributed by atoms with van der Waals surface area (Å²) in [5, 5.41) is 19.5. The average Bonchev–Trinajstić information content (AvgIpc) is 3.70. The maximum atomic E-state index is 13.2. The highest BCUT2D eigenvalue weighted by Gasteiger charge is 2.24. The number of nitro groups is 1. The van der Waals surface area contributed by atoms with Gasteiger partial charge in [-0.05, 0) is 43.7 Å². The third-order valence-electron chi connectivity index (χ3n) is 7.72. The highest BCUT2D eigenvalue weighted by atomic mass is 16.6. The Hall–Kier alpha value is -5.14. The van der Waals surface area contributed by atoms with Gasteiger partial charge in [0.25, 0.3) is 0 Å². The van der Waals surface area contributed by atoms with Crippen LogP contribution in [0.5, 0.6) is 11.6 Å². The molecule has 0 saturated carbocycles. The van der Waals surface area contributed by atoms with Crippen LogP contribution in [0.2, 0.25) is 0 Å². The van der Waals surface area contributed by atoms with Crippen LogP contribution < -0.4 is 9.47 Å². The number of aromatic amines is 1. The molecule has 5 aromatic rings. The molecule has 0 aliphatic carbocycles. The first kappa shape index (κ1) is 29.0. The van der Waals surface area contributed by atoms with Gasteiger partial charge in [-0.2, -0.15) is 5.10 Å². The summed E-state index contributed by atoms with van der Waals surface area (Å²) >= 11 is 0. The third kappa shape index (κ3) is 5.87. The number of H-pyrrole nitrogens is 1. The van der Waals surface area contributed by atoms with Crippen LogP contribution in [-0.4, -0.2) is 80.2 Å². The Balaban J connectivity index is 1.29. The summed E-state index contributed by atoms with van der Waals surface area (Å²) in [6.45, 7) is 9.06. The number of esters is 1. The van der Waals surface area contributed by atoms with Gasteiger partial charge < -0.3 is 13.9 Å². The first-order valence-corrected chi connectivity index (χ1v) is 14.2. The molecule has 13 heteroatoms. The number of fused-ring (bicyclic) bond motifs is 1. The van der Waals surface area contributed by atoms with Gasteiger partial charge in [0, 0.05) is 61.0 Å². The van der Waals surface area contributed by atoms with Crippen molar-refractivity contribution in [3.8, 4) is 34.2 Å². The largest absolute Gasteiger partial charge is 0.480 e. The van der Waals surface area contributed by atoms with Crippen molar-refractivity contribution in [3.63, 3.8) is 0 Å². The van der Waals surface area contributed by atoms with E-state index in [-0.39, 0.29) is 22.9 Å². The molecule has 13 nitrogen and oxygen atoms in total. The number of aromatic nitrogens is 4. The molecule has 6 rings (SSSR count). The van der Waals surface area contributed by atoms with Crippen molar-refractivity contribution in [1.29, 1.82) is 0 Å². The Bertz CT molecular complexity index is 1820. The lowest BCUT2D eigenvalue weighted by Gasteiger charge is -2.36. The number of nitro benzene ring substituents is 1. The zero-order valence-electron chi connectivity index (χ0n) is 24.5. The molecule has 0 unspecified atom stereocenters. The monoisotopic (exact) mass is 597 g/mol. The molecular weight excluding hydrogens is 566 g/mol. The molecule has 3 aromatic heterocycles. The molecule has 1 N–H and O–H groups in total. The number of nitrogens with zero attached hydrogens (tertiary/aromatic N) is 6. The van der Waals surface area contributed by atoms with Gasteiger partial charge in [0.1, 0.15) is 11.3 Å². The number of oxazole rings is 1. The Morgan fingerprint density at radius 1 is 1.07 bits per heavy atom. The number of carbonyl (C=O) groups excluding carboxylic acids is 1. The minimum atomic E-state index is -0.847. The van der Waals surface area contributed by atoms with E-state index in [1.165, 1.54) is 25.3 Å². The van der Waals surface area contributed by atoms with Crippen LogP contribution in [-0.2, 0) is 6.54 Å². The maximum absolute atomic E-state index is 13.2. The van der Waals surface area contributed by atoms with E-state index in [4.69, 9.17) is 13.9 Å². The Kier molecular flexibility index (Phi) is 8.05. The van der Waals surface area contributed by atoms with Gasteiger partial charge in [-0.1, -0.05) is 12.1 Å². The van der Waals surface area contributed by atoms with Crippen molar-refractivity contribution >= 4 is 22.6 Å².